The molecule has 1 amide bonds. The summed E-state index contributed by atoms with van der Waals surface area (Å²) >= 11 is 3.18. The molecule has 4 aromatic rings. The first-order valence-electron chi connectivity index (χ1n) is 12.2. The summed E-state index contributed by atoms with van der Waals surface area (Å²) < 4.78 is 5.58. The fraction of sp³-hybridized carbons (Fsp3) is 0.440. The Kier molecular flexibility index (Phi) is 6.04. The minimum Gasteiger partial charge on any atom is -0.426 e. The molecule has 0 aliphatic carbocycles. The number of amides is 1. The average molecular weight is 522 g/mol. The minimum absolute atomic E-state index is 0.0706. The van der Waals surface area contributed by atoms with Crippen molar-refractivity contribution >= 4 is 39.5 Å². The van der Waals surface area contributed by atoms with Crippen LogP contribution in [-0.4, -0.2) is 48.0 Å². The highest BCUT2D eigenvalue weighted by atomic mass is 32.1. The van der Waals surface area contributed by atoms with Gasteiger partial charge in [0.2, 0.25) is 11.8 Å². The molecule has 2 fully saturated rings. The highest BCUT2D eigenvalue weighted by Gasteiger charge is 2.43. The number of thiazole rings is 2. The molecule has 186 valence electrons. The van der Waals surface area contributed by atoms with Crippen molar-refractivity contribution in [2.75, 3.05) is 5.32 Å². The first-order chi connectivity index (χ1) is 17.4. The van der Waals surface area contributed by atoms with Gasteiger partial charge in [-0.1, -0.05) is 0 Å². The SMILES string of the molecule is Cc1nnc(C[C@H]2C[C@H]3CC[C@@H](C2)N3C(=O)c2ccc(Nc3nc(-c4sc(C)nc4C)cs3)nc2)o1. The van der Waals surface area contributed by atoms with Gasteiger partial charge in [-0.3, -0.25) is 4.79 Å². The monoisotopic (exact) mass is 521 g/mol. The van der Waals surface area contributed by atoms with Crippen molar-refractivity contribution in [1.82, 2.24) is 30.0 Å². The highest BCUT2D eigenvalue weighted by molar-refractivity contribution is 7.16. The molecule has 0 spiro atoms. The maximum atomic E-state index is 13.4. The molecule has 2 aliphatic heterocycles. The van der Waals surface area contributed by atoms with Crippen molar-refractivity contribution in [3.8, 4) is 10.6 Å². The summed E-state index contributed by atoms with van der Waals surface area (Å²) in [5.41, 5.74) is 2.54. The van der Waals surface area contributed by atoms with Gasteiger partial charge in [0.1, 0.15) is 5.82 Å². The molecule has 0 radical (unpaired) electrons. The summed E-state index contributed by atoms with van der Waals surface area (Å²) in [6.45, 7) is 5.82. The van der Waals surface area contributed by atoms with Crippen LogP contribution < -0.4 is 5.32 Å². The number of hydrogen-bond donors (Lipinski definition) is 1. The predicted molar refractivity (Wildman–Crippen MR) is 139 cm³/mol. The summed E-state index contributed by atoms with van der Waals surface area (Å²) in [5.74, 6) is 2.51. The van der Waals surface area contributed by atoms with Crippen molar-refractivity contribution < 1.29 is 9.21 Å². The molecule has 6 rings (SSSR count). The molecule has 1 N–H and O–H groups in total. The van der Waals surface area contributed by atoms with Gasteiger partial charge >= 0.3 is 0 Å². The molecule has 0 aromatic carbocycles. The third-order valence-electron chi connectivity index (χ3n) is 6.98. The van der Waals surface area contributed by atoms with Gasteiger partial charge in [-0.15, -0.1) is 32.9 Å². The number of carbonyl (C=O) groups excluding carboxylic acids is 1. The van der Waals surface area contributed by atoms with E-state index in [9.17, 15) is 4.79 Å². The molecule has 4 aromatic heterocycles. The van der Waals surface area contributed by atoms with Crippen LogP contribution in [0.2, 0.25) is 0 Å². The van der Waals surface area contributed by atoms with E-state index in [1.807, 2.05) is 38.3 Å². The van der Waals surface area contributed by atoms with Crippen LogP contribution >= 0.6 is 22.7 Å². The van der Waals surface area contributed by atoms with E-state index in [1.54, 1.807) is 17.5 Å². The van der Waals surface area contributed by atoms with Gasteiger partial charge in [0.15, 0.2) is 5.13 Å². The van der Waals surface area contributed by atoms with E-state index in [0.29, 0.717) is 29.1 Å². The van der Waals surface area contributed by atoms with E-state index in [-0.39, 0.29) is 18.0 Å². The molecule has 2 aliphatic rings. The predicted octanol–water partition coefficient (Wildman–Crippen LogP) is 5.34. The molecule has 9 nitrogen and oxygen atoms in total. The van der Waals surface area contributed by atoms with Gasteiger partial charge < -0.3 is 14.6 Å². The van der Waals surface area contributed by atoms with Crippen LogP contribution in [0.1, 0.15) is 58.5 Å². The summed E-state index contributed by atoms with van der Waals surface area (Å²) in [6, 6.07) is 4.23. The molecule has 2 saturated heterocycles. The number of hydrogen-bond acceptors (Lipinski definition) is 10. The van der Waals surface area contributed by atoms with E-state index < -0.39 is 0 Å². The Hall–Kier alpha value is -3.18. The zero-order chi connectivity index (χ0) is 24.8. The van der Waals surface area contributed by atoms with Gasteiger partial charge in [0.25, 0.3) is 5.91 Å². The molecular weight excluding hydrogens is 494 g/mol. The lowest BCUT2D eigenvalue weighted by Gasteiger charge is -2.38. The number of anilines is 2. The van der Waals surface area contributed by atoms with Crippen molar-refractivity contribution in [3.05, 3.63) is 51.8 Å². The highest BCUT2D eigenvalue weighted by Crippen LogP contribution is 2.40. The molecule has 3 atom stereocenters. The minimum atomic E-state index is 0.0706. The molecule has 36 heavy (non-hydrogen) atoms. The van der Waals surface area contributed by atoms with Crippen LogP contribution in [0.3, 0.4) is 0 Å². The van der Waals surface area contributed by atoms with Crippen molar-refractivity contribution in [3.63, 3.8) is 0 Å². The lowest BCUT2D eigenvalue weighted by atomic mass is 9.88. The Balaban J connectivity index is 1.10. The maximum Gasteiger partial charge on any atom is 0.255 e. The van der Waals surface area contributed by atoms with Gasteiger partial charge in [-0.25, -0.2) is 15.0 Å². The van der Waals surface area contributed by atoms with Crippen molar-refractivity contribution in [2.24, 2.45) is 5.92 Å². The first-order valence-corrected chi connectivity index (χ1v) is 13.9. The number of rotatable bonds is 6. The lowest BCUT2D eigenvalue weighted by Crippen LogP contribution is -2.47. The number of pyridine rings is 1. The van der Waals surface area contributed by atoms with Crippen molar-refractivity contribution in [1.29, 1.82) is 0 Å². The zero-order valence-corrected chi connectivity index (χ0v) is 22.0. The van der Waals surface area contributed by atoms with E-state index in [0.717, 1.165) is 58.5 Å². The number of nitrogens with zero attached hydrogens (tertiary/aromatic N) is 6. The van der Waals surface area contributed by atoms with E-state index >= 15 is 0 Å². The molecule has 0 saturated carbocycles. The number of carbonyl (C=O) groups is 1. The summed E-state index contributed by atoms with van der Waals surface area (Å²) in [6.07, 6.45) is 6.51. The Labute approximate surface area is 217 Å². The molecule has 11 heteroatoms. The van der Waals surface area contributed by atoms with Gasteiger partial charge in [0, 0.05) is 37.0 Å². The lowest BCUT2D eigenvalue weighted by molar-refractivity contribution is 0.0519. The average Bonchev–Trinajstić information content (AvgIpc) is 3.61. The van der Waals surface area contributed by atoms with Crippen LogP contribution in [0, 0.1) is 26.7 Å². The third kappa shape index (κ3) is 4.53. The fourth-order valence-corrected chi connectivity index (χ4v) is 7.18. The second-order valence-corrected chi connectivity index (χ2v) is 11.7. The number of fused-ring (bicyclic) bond motifs is 2. The largest absolute Gasteiger partial charge is 0.426 e. The summed E-state index contributed by atoms with van der Waals surface area (Å²) in [4.78, 5) is 30.3. The van der Waals surface area contributed by atoms with E-state index in [2.05, 4.69) is 30.4 Å². The molecule has 0 unspecified atom stereocenters. The number of piperidine rings is 1. The standard InChI is InChI=1S/C25H27N7O2S2/c1-13-23(36-15(3)27-13)20-12-35-25(28-20)29-21-7-4-17(11-26-21)24(33)32-18-5-6-19(32)9-16(8-18)10-22-31-30-14(2)34-22/h4,7,11-12,16,18-19H,5-6,8-10H2,1-3H3,(H,26,28,29)/t16-,18+,19-. The maximum absolute atomic E-state index is 13.4. The topological polar surface area (TPSA) is 110 Å². The smallest absolute Gasteiger partial charge is 0.255 e. The molecule has 2 bridgehead atoms. The van der Waals surface area contributed by atoms with E-state index in [1.165, 1.54) is 11.3 Å². The van der Waals surface area contributed by atoms with Gasteiger partial charge in [0.05, 0.1) is 26.8 Å². The summed E-state index contributed by atoms with van der Waals surface area (Å²) in [5, 5.41) is 15.2. The first kappa shape index (κ1) is 23.2. The van der Waals surface area contributed by atoms with Crippen LogP contribution in [0.4, 0.5) is 10.9 Å². The van der Waals surface area contributed by atoms with Crippen LogP contribution in [0.5, 0.6) is 0 Å². The normalized spacial score (nSPS) is 21.2. The zero-order valence-electron chi connectivity index (χ0n) is 20.4. The Morgan fingerprint density at radius 1 is 1.14 bits per heavy atom. The number of aryl methyl sites for hydroxylation is 3. The molecular formula is C25H27N7O2S2. The fourth-order valence-electron chi connectivity index (χ4n) is 5.51. The Morgan fingerprint density at radius 2 is 1.94 bits per heavy atom. The molecule has 6 heterocycles. The van der Waals surface area contributed by atoms with Crippen LogP contribution in [0.25, 0.3) is 10.6 Å². The van der Waals surface area contributed by atoms with Gasteiger partial charge in [-0.05, 0) is 57.6 Å². The number of nitrogens with one attached hydrogen (secondary N) is 1. The quantitative estimate of drug-likeness (QED) is 0.362. The Morgan fingerprint density at radius 3 is 2.58 bits per heavy atom. The second kappa shape index (κ2) is 9.36. The number of aromatic nitrogens is 5. The van der Waals surface area contributed by atoms with Crippen LogP contribution in [0.15, 0.2) is 28.1 Å². The Bertz CT molecular complexity index is 1380. The van der Waals surface area contributed by atoms with Crippen molar-refractivity contribution in [2.45, 2.75) is 65.0 Å². The second-order valence-electron chi connectivity index (χ2n) is 9.60. The van der Waals surface area contributed by atoms with Crippen LogP contribution in [-0.2, 0) is 6.42 Å². The van der Waals surface area contributed by atoms with Gasteiger partial charge in [-0.2, -0.15) is 0 Å². The third-order valence-corrected chi connectivity index (χ3v) is 8.84. The van der Waals surface area contributed by atoms with E-state index in [4.69, 9.17) is 9.40 Å². The summed E-state index contributed by atoms with van der Waals surface area (Å²) in [7, 11) is 0.